The molecular formula is C22H16O5. The number of rotatable bonds is 4. The largest absolute Gasteiger partial charge is 0.489 e. The van der Waals surface area contributed by atoms with Crippen LogP contribution in [0.2, 0.25) is 0 Å². The molecule has 0 radical (unpaired) electrons. The summed E-state index contributed by atoms with van der Waals surface area (Å²) in [6.07, 6.45) is 0. The molecule has 4 aromatic rings. The molecule has 0 saturated carbocycles. The number of fused-ring (bicyclic) bond motifs is 3. The minimum atomic E-state index is -0.376. The third kappa shape index (κ3) is 3.27. The molecular weight excluding hydrogens is 344 g/mol. The van der Waals surface area contributed by atoms with Gasteiger partial charge in [0.15, 0.2) is 0 Å². The second-order valence-electron chi connectivity index (χ2n) is 6.07. The van der Waals surface area contributed by atoms with Crippen molar-refractivity contribution in [2.45, 2.75) is 6.61 Å². The zero-order chi connectivity index (χ0) is 18.8. The second kappa shape index (κ2) is 6.96. The van der Waals surface area contributed by atoms with E-state index < -0.39 is 0 Å². The summed E-state index contributed by atoms with van der Waals surface area (Å²) in [4.78, 5) is 23.6. The average Bonchev–Trinajstić information content (AvgIpc) is 2.72. The van der Waals surface area contributed by atoms with Crippen LogP contribution in [0.15, 0.2) is 75.9 Å². The van der Waals surface area contributed by atoms with Gasteiger partial charge in [0, 0.05) is 11.5 Å². The van der Waals surface area contributed by atoms with E-state index >= 15 is 0 Å². The Bertz CT molecular complexity index is 1190. The van der Waals surface area contributed by atoms with Gasteiger partial charge in [0.1, 0.15) is 17.9 Å². The van der Waals surface area contributed by atoms with Crippen molar-refractivity contribution in [3.8, 4) is 5.75 Å². The Hall–Kier alpha value is -3.60. The zero-order valence-electron chi connectivity index (χ0n) is 14.6. The first-order valence-corrected chi connectivity index (χ1v) is 8.41. The highest BCUT2D eigenvalue weighted by Crippen LogP contribution is 2.26. The molecule has 0 aliphatic heterocycles. The summed E-state index contributed by atoms with van der Waals surface area (Å²) in [5.74, 6) is 0.220. The van der Waals surface area contributed by atoms with Crippen molar-refractivity contribution in [2.75, 3.05) is 7.11 Å². The Labute approximate surface area is 154 Å². The van der Waals surface area contributed by atoms with Gasteiger partial charge in [-0.2, -0.15) is 0 Å². The summed E-state index contributed by atoms with van der Waals surface area (Å²) in [6.45, 7) is 0.324. The molecule has 5 heteroatoms. The summed E-state index contributed by atoms with van der Waals surface area (Å²) in [5, 5.41) is 2.28. The van der Waals surface area contributed by atoms with Crippen LogP contribution >= 0.6 is 0 Å². The van der Waals surface area contributed by atoms with E-state index in [1.807, 2.05) is 30.3 Å². The first kappa shape index (κ1) is 16.8. The summed E-state index contributed by atoms with van der Waals surface area (Å²) in [7, 11) is 1.35. The molecule has 0 saturated heterocycles. The Balaban J connectivity index is 1.58. The van der Waals surface area contributed by atoms with E-state index in [2.05, 4.69) is 4.74 Å². The number of esters is 1. The van der Waals surface area contributed by atoms with Gasteiger partial charge >= 0.3 is 11.6 Å². The van der Waals surface area contributed by atoms with Crippen molar-refractivity contribution < 1.29 is 18.7 Å². The van der Waals surface area contributed by atoms with E-state index in [0.717, 1.165) is 16.3 Å². The Morgan fingerprint density at radius 1 is 0.926 bits per heavy atom. The molecule has 0 atom stereocenters. The zero-order valence-corrected chi connectivity index (χ0v) is 14.6. The fourth-order valence-electron chi connectivity index (χ4n) is 2.97. The van der Waals surface area contributed by atoms with Gasteiger partial charge in [-0.1, -0.05) is 30.3 Å². The number of benzene rings is 3. The number of methoxy groups -OCH3 is 1. The number of hydrogen-bond acceptors (Lipinski definition) is 5. The van der Waals surface area contributed by atoms with Crippen LogP contribution in [0.4, 0.5) is 0 Å². The number of carbonyl (C=O) groups excluding carboxylic acids is 1. The van der Waals surface area contributed by atoms with Crippen molar-refractivity contribution >= 4 is 27.7 Å². The van der Waals surface area contributed by atoms with Gasteiger partial charge in [0.2, 0.25) is 0 Å². The SMILES string of the molecule is COC(=O)c1ccc(COc2ccc3c(c2)oc(=O)c2ccccc23)cc1. The van der Waals surface area contributed by atoms with Crippen LogP contribution in [0.5, 0.6) is 5.75 Å². The van der Waals surface area contributed by atoms with Gasteiger partial charge in [-0.15, -0.1) is 0 Å². The van der Waals surface area contributed by atoms with Crippen molar-refractivity contribution in [1.82, 2.24) is 0 Å². The minimum Gasteiger partial charge on any atom is -0.489 e. The predicted octanol–water partition coefficient (Wildman–Crippen LogP) is 4.31. The maximum Gasteiger partial charge on any atom is 0.344 e. The fraction of sp³-hybridized carbons (Fsp3) is 0.0909. The molecule has 5 nitrogen and oxygen atoms in total. The number of carbonyl (C=O) groups is 1. The Kier molecular flexibility index (Phi) is 4.34. The highest BCUT2D eigenvalue weighted by atomic mass is 16.5. The molecule has 3 aromatic carbocycles. The average molecular weight is 360 g/mol. The van der Waals surface area contributed by atoms with Crippen LogP contribution in [-0.4, -0.2) is 13.1 Å². The molecule has 0 bridgehead atoms. The molecule has 0 aliphatic rings. The molecule has 0 fully saturated rings. The predicted molar refractivity (Wildman–Crippen MR) is 102 cm³/mol. The molecule has 0 amide bonds. The summed E-state index contributed by atoms with van der Waals surface area (Å²) >= 11 is 0. The van der Waals surface area contributed by atoms with Crippen LogP contribution in [0.3, 0.4) is 0 Å². The van der Waals surface area contributed by atoms with Crippen LogP contribution in [0, 0.1) is 0 Å². The Morgan fingerprint density at radius 3 is 2.41 bits per heavy atom. The van der Waals surface area contributed by atoms with Gasteiger partial charge in [-0.25, -0.2) is 9.59 Å². The number of ether oxygens (including phenoxy) is 2. The highest BCUT2D eigenvalue weighted by Gasteiger charge is 2.08. The van der Waals surface area contributed by atoms with Gasteiger partial charge < -0.3 is 13.9 Å². The van der Waals surface area contributed by atoms with Crippen LogP contribution in [0.25, 0.3) is 21.7 Å². The third-order valence-corrected chi connectivity index (χ3v) is 4.37. The standard InChI is InChI=1S/C22H16O5/c1-25-21(23)15-8-6-14(7-9-15)13-26-16-10-11-18-17-4-2-3-5-19(17)22(24)27-20(18)12-16/h2-12H,13H2,1H3. The first-order valence-electron chi connectivity index (χ1n) is 8.41. The van der Waals surface area contributed by atoms with E-state index in [1.54, 1.807) is 36.4 Å². The molecule has 0 N–H and O–H groups in total. The van der Waals surface area contributed by atoms with Crippen LogP contribution in [-0.2, 0) is 11.3 Å². The van der Waals surface area contributed by atoms with Crippen LogP contribution in [0.1, 0.15) is 15.9 Å². The van der Waals surface area contributed by atoms with Crippen molar-refractivity contribution in [2.24, 2.45) is 0 Å². The molecule has 0 unspecified atom stereocenters. The van der Waals surface area contributed by atoms with Crippen molar-refractivity contribution in [3.05, 3.63) is 88.3 Å². The lowest BCUT2D eigenvalue weighted by Gasteiger charge is -2.08. The summed E-state index contributed by atoms with van der Waals surface area (Å²) in [5.41, 5.74) is 1.51. The van der Waals surface area contributed by atoms with Crippen LogP contribution < -0.4 is 10.4 Å². The normalized spacial score (nSPS) is 10.9. The van der Waals surface area contributed by atoms with E-state index in [0.29, 0.717) is 28.9 Å². The molecule has 0 spiro atoms. The van der Waals surface area contributed by atoms with Crippen molar-refractivity contribution in [3.63, 3.8) is 0 Å². The molecule has 1 heterocycles. The highest BCUT2D eigenvalue weighted by molar-refractivity contribution is 6.04. The first-order chi connectivity index (χ1) is 13.2. The van der Waals surface area contributed by atoms with Gasteiger partial charge in [0.05, 0.1) is 18.1 Å². The van der Waals surface area contributed by atoms with Gasteiger partial charge in [0.25, 0.3) is 0 Å². The molecule has 1 aromatic heterocycles. The van der Waals surface area contributed by atoms with E-state index in [9.17, 15) is 9.59 Å². The van der Waals surface area contributed by atoms with Crippen molar-refractivity contribution in [1.29, 1.82) is 0 Å². The summed E-state index contributed by atoms with van der Waals surface area (Å²) < 4.78 is 15.9. The maximum absolute atomic E-state index is 12.1. The van der Waals surface area contributed by atoms with E-state index in [4.69, 9.17) is 9.15 Å². The quantitative estimate of drug-likeness (QED) is 0.308. The Morgan fingerprint density at radius 2 is 1.67 bits per heavy atom. The third-order valence-electron chi connectivity index (χ3n) is 4.37. The molecule has 134 valence electrons. The van der Waals surface area contributed by atoms with Gasteiger partial charge in [-0.3, -0.25) is 0 Å². The summed E-state index contributed by atoms with van der Waals surface area (Å²) in [6, 6.07) is 19.8. The maximum atomic E-state index is 12.1. The van der Waals surface area contributed by atoms with E-state index in [-0.39, 0.29) is 11.6 Å². The fourth-order valence-corrected chi connectivity index (χ4v) is 2.97. The van der Waals surface area contributed by atoms with E-state index in [1.165, 1.54) is 7.11 Å². The lowest BCUT2D eigenvalue weighted by Crippen LogP contribution is -2.02. The molecule has 0 aliphatic carbocycles. The van der Waals surface area contributed by atoms with Gasteiger partial charge in [-0.05, 0) is 41.3 Å². The molecule has 4 rings (SSSR count). The second-order valence-corrected chi connectivity index (χ2v) is 6.07. The lowest BCUT2D eigenvalue weighted by molar-refractivity contribution is 0.0600. The smallest absolute Gasteiger partial charge is 0.344 e. The number of hydrogen-bond donors (Lipinski definition) is 0. The minimum absolute atomic E-state index is 0.324. The molecule has 27 heavy (non-hydrogen) atoms. The topological polar surface area (TPSA) is 65.7 Å². The lowest BCUT2D eigenvalue weighted by atomic mass is 10.1. The monoisotopic (exact) mass is 360 g/mol.